The molecule has 1 fully saturated rings. The van der Waals surface area contributed by atoms with Crippen LogP contribution in [-0.2, 0) is 0 Å². The van der Waals surface area contributed by atoms with Gasteiger partial charge in [0.25, 0.3) is 0 Å². The monoisotopic (exact) mass is 326 g/mol. The van der Waals surface area contributed by atoms with E-state index in [1.165, 1.54) is 0 Å². The van der Waals surface area contributed by atoms with Gasteiger partial charge in [-0.25, -0.2) is 4.98 Å². The Labute approximate surface area is 142 Å². The van der Waals surface area contributed by atoms with E-state index in [0.29, 0.717) is 0 Å². The van der Waals surface area contributed by atoms with Gasteiger partial charge in [0.05, 0.1) is 33.5 Å². The number of hydrogen-bond acceptors (Lipinski definition) is 6. The zero-order valence-corrected chi connectivity index (χ0v) is 14.1. The summed E-state index contributed by atoms with van der Waals surface area (Å²) in [4.78, 5) is 6.68. The van der Waals surface area contributed by atoms with Gasteiger partial charge in [-0.2, -0.15) is 5.10 Å². The molecule has 0 unspecified atom stereocenters. The Kier molecular flexibility index (Phi) is 5.15. The quantitative estimate of drug-likeness (QED) is 0.789. The Balaban J connectivity index is 1.63. The van der Waals surface area contributed by atoms with Gasteiger partial charge >= 0.3 is 0 Å². The molecule has 1 saturated heterocycles. The molecule has 1 aliphatic heterocycles. The van der Waals surface area contributed by atoms with Crippen molar-refractivity contribution < 1.29 is 9.47 Å². The number of benzene rings is 1. The van der Waals surface area contributed by atoms with Gasteiger partial charge in [-0.3, -0.25) is 5.01 Å². The van der Waals surface area contributed by atoms with Crippen LogP contribution in [0.5, 0.6) is 11.5 Å². The smallest absolute Gasteiger partial charge is 0.128 e. The van der Waals surface area contributed by atoms with E-state index >= 15 is 0 Å². The first-order valence-corrected chi connectivity index (χ1v) is 7.97. The van der Waals surface area contributed by atoms with Gasteiger partial charge in [0.2, 0.25) is 0 Å². The number of hydrogen-bond donors (Lipinski definition) is 0. The highest BCUT2D eigenvalue weighted by atomic mass is 16.5. The summed E-state index contributed by atoms with van der Waals surface area (Å²) in [5.74, 6) is 2.60. The first-order chi connectivity index (χ1) is 11.8. The molecule has 1 aromatic heterocycles. The molecule has 1 aromatic carbocycles. The van der Waals surface area contributed by atoms with E-state index in [9.17, 15) is 0 Å². The first-order valence-electron chi connectivity index (χ1n) is 7.97. The lowest BCUT2D eigenvalue weighted by molar-refractivity contribution is 0.271. The predicted octanol–water partition coefficient (Wildman–Crippen LogP) is 2.25. The maximum absolute atomic E-state index is 5.38. The molecule has 0 amide bonds. The van der Waals surface area contributed by atoms with Crippen molar-refractivity contribution in [3.05, 3.63) is 48.2 Å². The summed E-state index contributed by atoms with van der Waals surface area (Å²) < 4.78 is 10.6. The molecule has 6 nitrogen and oxygen atoms in total. The number of piperazine rings is 1. The molecule has 0 N–H and O–H groups in total. The van der Waals surface area contributed by atoms with Gasteiger partial charge in [-0.05, 0) is 30.3 Å². The van der Waals surface area contributed by atoms with Crippen LogP contribution in [0.15, 0.2) is 47.7 Å². The van der Waals surface area contributed by atoms with Crippen molar-refractivity contribution >= 4 is 12.0 Å². The number of aromatic nitrogens is 1. The van der Waals surface area contributed by atoms with Gasteiger partial charge < -0.3 is 14.4 Å². The van der Waals surface area contributed by atoms with Crippen LogP contribution in [0.3, 0.4) is 0 Å². The Morgan fingerprint density at radius 3 is 2.54 bits per heavy atom. The van der Waals surface area contributed by atoms with Crippen molar-refractivity contribution in [3.63, 3.8) is 0 Å². The Morgan fingerprint density at radius 1 is 1.04 bits per heavy atom. The second-order valence-corrected chi connectivity index (χ2v) is 5.48. The van der Waals surface area contributed by atoms with Crippen LogP contribution in [0, 0.1) is 0 Å². The largest absolute Gasteiger partial charge is 0.497 e. The fraction of sp³-hybridized carbons (Fsp3) is 0.333. The minimum atomic E-state index is 0.784. The molecular weight excluding hydrogens is 304 g/mol. The highest BCUT2D eigenvalue weighted by Gasteiger charge is 2.16. The Hall–Kier alpha value is -2.76. The molecule has 6 heteroatoms. The van der Waals surface area contributed by atoms with Gasteiger partial charge in [-0.15, -0.1) is 0 Å². The molecule has 0 spiro atoms. The minimum Gasteiger partial charge on any atom is -0.497 e. The SMILES string of the molecule is COc1ccc(OC)c(/C=N\N2CCN(c3ccccn3)CC2)c1. The Morgan fingerprint density at radius 2 is 1.88 bits per heavy atom. The van der Waals surface area contributed by atoms with E-state index < -0.39 is 0 Å². The number of rotatable bonds is 5. The summed E-state index contributed by atoms with van der Waals surface area (Å²) in [5.41, 5.74) is 0.906. The summed E-state index contributed by atoms with van der Waals surface area (Å²) in [6.07, 6.45) is 3.66. The number of pyridine rings is 1. The molecule has 0 aliphatic carbocycles. The fourth-order valence-electron chi connectivity index (χ4n) is 2.67. The molecule has 0 bridgehead atoms. The number of nitrogens with zero attached hydrogens (tertiary/aromatic N) is 4. The van der Waals surface area contributed by atoms with Crippen molar-refractivity contribution in [1.29, 1.82) is 0 Å². The van der Waals surface area contributed by atoms with E-state index in [0.717, 1.165) is 49.1 Å². The molecule has 24 heavy (non-hydrogen) atoms. The van der Waals surface area contributed by atoms with Crippen molar-refractivity contribution in [3.8, 4) is 11.5 Å². The van der Waals surface area contributed by atoms with Crippen LogP contribution < -0.4 is 14.4 Å². The third-order valence-corrected chi connectivity index (χ3v) is 4.03. The number of methoxy groups -OCH3 is 2. The van der Waals surface area contributed by atoms with Gasteiger partial charge in [0, 0.05) is 24.8 Å². The van der Waals surface area contributed by atoms with E-state index in [1.54, 1.807) is 14.2 Å². The zero-order chi connectivity index (χ0) is 16.8. The van der Waals surface area contributed by atoms with E-state index in [4.69, 9.17) is 9.47 Å². The average Bonchev–Trinajstić information content (AvgIpc) is 2.67. The van der Waals surface area contributed by atoms with E-state index in [2.05, 4.69) is 20.0 Å². The molecule has 0 saturated carbocycles. The Bertz CT molecular complexity index is 683. The summed E-state index contributed by atoms with van der Waals surface area (Å²) in [6, 6.07) is 11.7. The topological polar surface area (TPSA) is 50.2 Å². The number of hydrazone groups is 1. The average molecular weight is 326 g/mol. The van der Waals surface area contributed by atoms with Crippen LogP contribution in [0.1, 0.15) is 5.56 Å². The highest BCUT2D eigenvalue weighted by molar-refractivity contribution is 5.84. The summed E-state index contributed by atoms with van der Waals surface area (Å²) >= 11 is 0. The molecular formula is C18H22N4O2. The fourth-order valence-corrected chi connectivity index (χ4v) is 2.67. The van der Waals surface area contributed by atoms with Crippen LogP contribution in [-0.4, -0.2) is 56.6 Å². The lowest BCUT2D eigenvalue weighted by atomic mass is 10.2. The number of anilines is 1. The normalized spacial score (nSPS) is 14.9. The van der Waals surface area contributed by atoms with Crippen LogP contribution in [0.2, 0.25) is 0 Å². The van der Waals surface area contributed by atoms with Crippen molar-refractivity contribution in [2.75, 3.05) is 45.3 Å². The van der Waals surface area contributed by atoms with E-state index in [-0.39, 0.29) is 0 Å². The maximum atomic E-state index is 5.38. The van der Waals surface area contributed by atoms with Crippen LogP contribution >= 0.6 is 0 Å². The molecule has 3 rings (SSSR count). The minimum absolute atomic E-state index is 0.784. The van der Waals surface area contributed by atoms with E-state index in [1.807, 2.05) is 48.8 Å². The highest BCUT2D eigenvalue weighted by Crippen LogP contribution is 2.22. The second kappa shape index (κ2) is 7.68. The third-order valence-electron chi connectivity index (χ3n) is 4.03. The maximum Gasteiger partial charge on any atom is 0.128 e. The molecule has 126 valence electrons. The molecule has 0 radical (unpaired) electrons. The predicted molar refractivity (Wildman–Crippen MR) is 95.2 cm³/mol. The van der Waals surface area contributed by atoms with Gasteiger partial charge in [-0.1, -0.05) is 6.07 Å². The summed E-state index contributed by atoms with van der Waals surface area (Å²) in [6.45, 7) is 3.53. The molecule has 2 heterocycles. The van der Waals surface area contributed by atoms with Gasteiger partial charge in [0.1, 0.15) is 17.3 Å². The molecule has 1 aliphatic rings. The summed E-state index contributed by atoms with van der Waals surface area (Å²) in [7, 11) is 3.31. The first kappa shape index (κ1) is 16.1. The van der Waals surface area contributed by atoms with Crippen LogP contribution in [0.4, 0.5) is 5.82 Å². The third kappa shape index (κ3) is 3.76. The number of ether oxygens (including phenoxy) is 2. The summed E-state index contributed by atoms with van der Waals surface area (Å²) in [5, 5.41) is 6.66. The van der Waals surface area contributed by atoms with Gasteiger partial charge in [0.15, 0.2) is 0 Å². The molecule has 0 atom stereocenters. The second-order valence-electron chi connectivity index (χ2n) is 5.48. The van der Waals surface area contributed by atoms with Crippen molar-refractivity contribution in [2.45, 2.75) is 0 Å². The zero-order valence-electron chi connectivity index (χ0n) is 14.1. The lowest BCUT2D eigenvalue weighted by Gasteiger charge is -2.33. The van der Waals surface area contributed by atoms with Crippen LogP contribution in [0.25, 0.3) is 0 Å². The van der Waals surface area contributed by atoms with Crippen molar-refractivity contribution in [1.82, 2.24) is 9.99 Å². The lowest BCUT2D eigenvalue weighted by Crippen LogP contribution is -2.44. The molecule has 2 aromatic rings. The standard InChI is InChI=1S/C18H22N4O2/c1-23-16-6-7-17(24-2)15(13-16)14-20-22-11-9-21(10-12-22)18-5-3-4-8-19-18/h3-8,13-14H,9-12H2,1-2H3/b20-14-. The van der Waals surface area contributed by atoms with Crippen molar-refractivity contribution in [2.24, 2.45) is 5.10 Å².